The summed E-state index contributed by atoms with van der Waals surface area (Å²) in [5.74, 6) is -7.46. The molecule has 0 aliphatic carbocycles. The monoisotopic (exact) mass is 1390 g/mol. The highest BCUT2D eigenvalue weighted by molar-refractivity contribution is 7.98. The number of phenolic OH excluding ortho intramolecular Hbond substituents is 1. The van der Waals surface area contributed by atoms with E-state index in [2.05, 4.69) is 63.1 Å². The first-order valence-corrected chi connectivity index (χ1v) is 35.0. The first kappa shape index (κ1) is 73.2. The summed E-state index contributed by atoms with van der Waals surface area (Å²) in [4.78, 5) is 151. The highest BCUT2D eigenvalue weighted by Crippen LogP contribution is 2.32. The van der Waals surface area contributed by atoms with Gasteiger partial charge in [-0.15, -0.1) is 0 Å². The molecule has 26 nitrogen and oxygen atoms in total. The number of hydrogen-bond donors (Lipinski definition) is 15. The molecule has 98 heavy (non-hydrogen) atoms. The second kappa shape index (κ2) is 34.4. The van der Waals surface area contributed by atoms with Gasteiger partial charge >= 0.3 is 0 Å². The predicted molar refractivity (Wildman–Crippen MR) is 367 cm³/mol. The zero-order valence-electron chi connectivity index (χ0n) is 54.5. The Hall–Kier alpha value is -9.10. The number of carbonyl (C=O) groups is 10. The Morgan fingerprint density at radius 2 is 1.29 bits per heavy atom. The van der Waals surface area contributed by atoms with Crippen molar-refractivity contribution in [3.05, 3.63) is 137 Å². The fourth-order valence-electron chi connectivity index (χ4n) is 12.3. The highest BCUT2D eigenvalue weighted by Gasteiger charge is 2.49. The normalized spacial score (nSPS) is 24.7. The number of hydrogen-bond acceptors (Lipinski definition) is 16. The summed E-state index contributed by atoms with van der Waals surface area (Å²) in [5, 5.41) is 39.2. The number of benzene rings is 4. The maximum atomic E-state index is 15.2. The largest absolute Gasteiger partial charge is 0.508 e. The molecular weight excluding hydrogens is 1300 g/mol. The lowest BCUT2D eigenvalue weighted by molar-refractivity contribution is -0.147. The fourth-order valence-corrected chi connectivity index (χ4v) is 14.2. The summed E-state index contributed by atoms with van der Waals surface area (Å²) in [7, 11) is 0. The summed E-state index contributed by atoms with van der Waals surface area (Å²) in [6, 6.07) is 11.7. The van der Waals surface area contributed by atoms with Crippen molar-refractivity contribution >= 4 is 104 Å². The van der Waals surface area contributed by atoms with Crippen molar-refractivity contribution < 1.29 is 61.8 Å². The summed E-state index contributed by atoms with van der Waals surface area (Å²) in [6.45, 7) is 3.39. The molecule has 2 fully saturated rings. The van der Waals surface area contributed by atoms with E-state index in [1.807, 2.05) is 24.3 Å². The van der Waals surface area contributed by atoms with Gasteiger partial charge in [0.25, 0.3) is 0 Å². The second-order valence-corrected chi connectivity index (χ2v) is 27.3. The molecule has 10 amide bonds. The van der Waals surface area contributed by atoms with E-state index < -0.39 is 131 Å². The fraction of sp³-hybridized carbons (Fsp3) is 0.441. The third kappa shape index (κ3) is 19.8. The zero-order valence-corrected chi connectivity index (χ0v) is 56.1. The second-order valence-electron chi connectivity index (χ2n) is 25.1. The number of amides is 10. The number of phenols is 1. The molecule has 0 spiro atoms. The molecule has 2 aromatic heterocycles. The Morgan fingerprint density at radius 3 is 1.93 bits per heavy atom. The minimum atomic E-state index is -1.58. The van der Waals surface area contributed by atoms with Gasteiger partial charge in [0.1, 0.15) is 65.2 Å². The molecule has 17 N–H and O–H groups in total. The van der Waals surface area contributed by atoms with Gasteiger partial charge in [-0.1, -0.05) is 36.4 Å². The van der Waals surface area contributed by atoms with Crippen LogP contribution in [0.15, 0.2) is 97.3 Å². The summed E-state index contributed by atoms with van der Waals surface area (Å²) in [5.41, 5.74) is 14.3. The van der Waals surface area contributed by atoms with Crippen LogP contribution in [0.1, 0.15) is 86.6 Å². The molecule has 2 saturated heterocycles. The number of thioether (sulfide) groups is 2. The van der Waals surface area contributed by atoms with E-state index in [-0.39, 0.29) is 63.0 Å². The van der Waals surface area contributed by atoms with Crippen molar-refractivity contribution in [2.24, 2.45) is 11.5 Å². The number of aromatic hydroxyl groups is 1. The molecule has 1 unspecified atom stereocenters. The molecule has 30 heteroatoms. The van der Waals surface area contributed by atoms with Gasteiger partial charge in [0.2, 0.25) is 59.1 Å². The van der Waals surface area contributed by atoms with Crippen LogP contribution in [0.2, 0.25) is 0 Å². The van der Waals surface area contributed by atoms with Crippen LogP contribution in [0.4, 0.5) is 8.78 Å². The quantitative estimate of drug-likeness (QED) is 0.0731. The molecule has 0 saturated carbocycles. The number of nitrogens with two attached hydrogens (primary N) is 2. The van der Waals surface area contributed by atoms with Gasteiger partial charge in [0.15, 0.2) is 0 Å². The number of rotatable bonds is 13. The van der Waals surface area contributed by atoms with Crippen LogP contribution in [-0.4, -0.2) is 177 Å². The van der Waals surface area contributed by atoms with E-state index >= 15 is 4.79 Å². The molecule has 3 aliphatic heterocycles. The van der Waals surface area contributed by atoms with Crippen molar-refractivity contribution in [3.63, 3.8) is 0 Å². The SMILES string of the molecule is C[C@H]1NC(=O)[C@H](Cc2c[nH]c3ccc(F)cc23)NC(=O)[C@H](Cc2c[nH]c3ccc(F)cc23)NC(=O)CNC(=O)[C@H](CCCCN)NC(=O)CCSCc2cccc(c2)CSC[C@@H](C(N)=O)NC(=O)[C@]2(C)CCCN2C(=O)[C@H](Cc2ccc(O)cc2)NC(=O)[C@H](CC2CNCN2)NC1=O. The van der Waals surface area contributed by atoms with E-state index in [1.165, 1.54) is 96.3 Å². The number of H-pyrrole nitrogens is 2. The van der Waals surface area contributed by atoms with Crippen LogP contribution < -0.4 is 64.6 Å². The van der Waals surface area contributed by atoms with E-state index in [9.17, 15) is 57.0 Å². The van der Waals surface area contributed by atoms with Crippen LogP contribution in [0.3, 0.4) is 0 Å². The van der Waals surface area contributed by atoms with Crippen LogP contribution in [0.25, 0.3) is 21.8 Å². The molecule has 524 valence electrons. The van der Waals surface area contributed by atoms with E-state index in [4.69, 9.17) is 11.5 Å². The predicted octanol–water partition coefficient (Wildman–Crippen LogP) is 1.67. The van der Waals surface area contributed by atoms with Gasteiger partial charge in [-0.2, -0.15) is 23.5 Å². The Morgan fingerprint density at radius 1 is 0.673 bits per heavy atom. The standard InChI is InChI=1S/C68H85F2N15O11S2/c1-38-61(90)81-55(29-46-32-73-37-77-46)65(94)83-56(24-39-10-14-47(86)15-11-39)66(95)85-21-6-19-68(85,2)67(96)84-57(60(72)89)36-98-35-41-8-5-7-40(23-41)34-97-22-18-58(87)79-52(9-3-4-20-71)62(91)76-33-59(88)80-53(25-42-30-74-50-16-12-44(69)27-48(42)50)64(93)82-54(63(92)78-38)26-43-31-75-51-17-13-45(70)28-49(43)51/h5,7-8,10-17,23,27-28,30-31,38,46,52-57,73-75,77,86H,3-4,6,9,18-22,24-26,29,32-37,71H2,1-2H3,(H2,72,89)(H,76,91)(H,78,92)(H,79,87)(H,80,88)(H,81,90)(H,82,93)(H,83,94)(H,84,96)/t38-,46?,52+,53+,54+,55+,56+,57+,68+/m1/s1. The molecular formula is C68H85F2N15O11S2. The number of carbonyl (C=O) groups excluding carboxylic acids is 10. The molecule has 6 aromatic rings. The lowest BCUT2D eigenvalue weighted by atomic mass is 9.95. The molecule has 9 atom stereocenters. The van der Waals surface area contributed by atoms with E-state index in [1.54, 1.807) is 19.1 Å². The minimum Gasteiger partial charge on any atom is -0.508 e. The number of aromatic nitrogens is 2. The maximum absolute atomic E-state index is 15.2. The van der Waals surface area contributed by atoms with Crippen molar-refractivity contribution in [1.82, 2.24) is 68.0 Å². The van der Waals surface area contributed by atoms with E-state index in [0.717, 1.165) is 11.1 Å². The summed E-state index contributed by atoms with van der Waals surface area (Å²) >= 11 is 2.84. The van der Waals surface area contributed by atoms with Crippen molar-refractivity contribution in [2.75, 3.05) is 44.4 Å². The topological polar surface area (TPSA) is 398 Å². The average molecular weight is 1390 g/mol. The van der Waals surface area contributed by atoms with E-state index in [0.29, 0.717) is 94.8 Å². The molecule has 3 aliphatic rings. The van der Waals surface area contributed by atoms with Gasteiger partial charge < -0.3 is 84.6 Å². The van der Waals surface area contributed by atoms with Gasteiger partial charge in [-0.05, 0) is 135 Å². The number of primary amides is 1. The zero-order chi connectivity index (χ0) is 70.0. The number of fused-ring (bicyclic) bond motifs is 5. The molecule has 0 radical (unpaired) electrons. The third-order valence-corrected chi connectivity index (χ3v) is 19.9. The first-order valence-electron chi connectivity index (χ1n) is 32.7. The maximum Gasteiger partial charge on any atom is 0.246 e. The van der Waals surface area contributed by atoms with Gasteiger partial charge in [-0.25, -0.2) is 8.78 Å². The highest BCUT2D eigenvalue weighted by atomic mass is 32.2. The number of nitrogens with one attached hydrogen (secondary N) is 12. The van der Waals surface area contributed by atoms with Crippen molar-refractivity contribution in [3.8, 4) is 5.75 Å². The molecule has 2 bridgehead atoms. The van der Waals surface area contributed by atoms with Crippen LogP contribution >= 0.6 is 23.5 Å². The smallest absolute Gasteiger partial charge is 0.246 e. The first-order chi connectivity index (χ1) is 47.0. The minimum absolute atomic E-state index is 0.0339. The third-order valence-electron chi connectivity index (χ3n) is 17.7. The van der Waals surface area contributed by atoms with Crippen LogP contribution in [0.5, 0.6) is 5.75 Å². The molecule has 4 aromatic carbocycles. The van der Waals surface area contributed by atoms with Crippen LogP contribution in [0, 0.1) is 11.6 Å². The van der Waals surface area contributed by atoms with Crippen LogP contribution in [-0.2, 0) is 78.7 Å². The van der Waals surface area contributed by atoms with Gasteiger partial charge in [-0.3, -0.25) is 47.9 Å². The van der Waals surface area contributed by atoms with Crippen molar-refractivity contribution in [2.45, 2.75) is 143 Å². The molecule has 9 rings (SSSR count). The Labute approximate surface area is 573 Å². The van der Waals surface area contributed by atoms with Gasteiger partial charge in [0.05, 0.1) is 6.54 Å². The number of halogens is 2. The number of unbranched alkanes of at least 4 members (excludes halogenated alkanes) is 1. The average Bonchev–Trinajstić information content (AvgIpc) is 1.57. The summed E-state index contributed by atoms with van der Waals surface area (Å²) in [6.07, 6.45) is 4.05. The Balaban J connectivity index is 1.03. The number of nitrogens with zero attached hydrogens (tertiary/aromatic N) is 1. The Kier molecular flexibility index (Phi) is 25.7. The lowest BCUT2D eigenvalue weighted by Gasteiger charge is -2.37. The number of aromatic amines is 2. The summed E-state index contributed by atoms with van der Waals surface area (Å²) < 4.78 is 29.7. The molecule has 5 heterocycles. The lowest BCUT2D eigenvalue weighted by Crippen LogP contribution is -2.63. The van der Waals surface area contributed by atoms with Gasteiger partial charge in [0, 0.05) is 109 Å². The van der Waals surface area contributed by atoms with Crippen molar-refractivity contribution in [1.29, 1.82) is 0 Å². The Bertz CT molecular complexity index is 3870.